The number of anilines is 1. The molecule has 0 atom stereocenters. The molecule has 0 aliphatic heterocycles. The Morgan fingerprint density at radius 3 is 2.52 bits per heavy atom. The van der Waals surface area contributed by atoms with Crippen LogP contribution >= 0.6 is 0 Å². The Balaban J connectivity index is 2.04. The molecule has 0 saturated heterocycles. The molecule has 0 radical (unpaired) electrons. The number of carbonyl (C=O) groups is 2. The van der Waals surface area contributed by atoms with Gasteiger partial charge < -0.3 is 5.73 Å². The van der Waals surface area contributed by atoms with Crippen LogP contribution in [0.4, 0.5) is 10.6 Å². The second-order valence-electron chi connectivity index (χ2n) is 4.57. The number of hydrogen-bond acceptors (Lipinski definition) is 5. The van der Waals surface area contributed by atoms with Crippen LogP contribution in [-0.2, 0) is 0 Å². The van der Waals surface area contributed by atoms with Crippen molar-refractivity contribution in [2.24, 2.45) is 5.73 Å². The average Bonchev–Trinajstić information content (AvgIpc) is 3.02. The number of nitrogens with two attached hydrogens (primary N) is 1. The molecule has 0 saturated carbocycles. The first-order chi connectivity index (χ1) is 11.2. The van der Waals surface area contributed by atoms with E-state index < -0.39 is 11.9 Å². The minimum atomic E-state index is -0.756. The predicted molar refractivity (Wildman–Crippen MR) is 82.6 cm³/mol. The van der Waals surface area contributed by atoms with Crippen LogP contribution in [0, 0.1) is 0 Å². The van der Waals surface area contributed by atoms with Gasteiger partial charge in [0.2, 0.25) is 0 Å². The lowest BCUT2D eigenvalue weighted by molar-refractivity contribution is 0.0993. The number of nitrogens with zero attached hydrogens (tertiary/aromatic N) is 4. The van der Waals surface area contributed by atoms with Crippen molar-refractivity contribution < 1.29 is 9.59 Å². The first-order valence-corrected chi connectivity index (χ1v) is 6.69. The molecule has 3 rings (SSSR count). The molecule has 0 fully saturated rings. The molecule has 2 aromatic heterocycles. The fourth-order valence-electron chi connectivity index (χ4n) is 2.06. The van der Waals surface area contributed by atoms with Gasteiger partial charge in [-0.2, -0.15) is 5.10 Å². The molecule has 1 aromatic carbocycles. The van der Waals surface area contributed by atoms with Gasteiger partial charge in [0.1, 0.15) is 11.5 Å². The molecule has 8 heteroatoms. The molecule has 0 unspecified atom stereocenters. The number of aromatic nitrogens is 4. The third-order valence-corrected chi connectivity index (χ3v) is 3.06. The molecule has 3 N–H and O–H groups in total. The van der Waals surface area contributed by atoms with E-state index in [1.165, 1.54) is 12.4 Å². The highest BCUT2D eigenvalue weighted by Crippen LogP contribution is 2.19. The summed E-state index contributed by atoms with van der Waals surface area (Å²) in [6, 6.07) is 11.6. The van der Waals surface area contributed by atoms with Crippen LogP contribution in [0.3, 0.4) is 0 Å². The van der Waals surface area contributed by atoms with Crippen molar-refractivity contribution >= 4 is 17.8 Å². The Morgan fingerprint density at radius 2 is 1.87 bits per heavy atom. The van der Waals surface area contributed by atoms with Crippen molar-refractivity contribution in [3.05, 3.63) is 60.6 Å². The monoisotopic (exact) mass is 308 g/mol. The predicted octanol–water partition coefficient (Wildman–Crippen LogP) is 1.52. The third-order valence-electron chi connectivity index (χ3n) is 3.06. The largest absolute Gasteiger partial charge is 0.364 e. The standard InChI is InChI=1S/C15H12N6O2/c16-13(22)11-9-17-14(10-5-2-1-3-6-10)21(11)15(23)19-12-7-4-8-18-20-12/h1-9H,(H2,16,22)(H,19,20,23). The molecule has 114 valence electrons. The minimum absolute atomic E-state index is 0.0229. The van der Waals surface area contributed by atoms with E-state index in [4.69, 9.17) is 5.73 Å². The summed E-state index contributed by atoms with van der Waals surface area (Å²) >= 11 is 0. The molecule has 3 aromatic rings. The van der Waals surface area contributed by atoms with Crippen LogP contribution in [0.2, 0.25) is 0 Å². The lowest BCUT2D eigenvalue weighted by Crippen LogP contribution is -2.27. The van der Waals surface area contributed by atoms with Gasteiger partial charge in [-0.1, -0.05) is 30.3 Å². The Morgan fingerprint density at radius 1 is 1.09 bits per heavy atom. The van der Waals surface area contributed by atoms with E-state index in [2.05, 4.69) is 20.5 Å². The second-order valence-corrected chi connectivity index (χ2v) is 4.57. The molecule has 2 amide bonds. The normalized spacial score (nSPS) is 10.3. The molecule has 2 heterocycles. The Bertz CT molecular complexity index is 845. The smallest absolute Gasteiger partial charge is 0.333 e. The van der Waals surface area contributed by atoms with Crippen LogP contribution < -0.4 is 11.1 Å². The molecular weight excluding hydrogens is 296 g/mol. The lowest BCUT2D eigenvalue weighted by Gasteiger charge is -2.10. The van der Waals surface area contributed by atoms with E-state index >= 15 is 0 Å². The molecule has 23 heavy (non-hydrogen) atoms. The summed E-state index contributed by atoms with van der Waals surface area (Å²) in [5.74, 6) is -0.199. The van der Waals surface area contributed by atoms with Crippen molar-refractivity contribution in [3.8, 4) is 11.4 Å². The summed E-state index contributed by atoms with van der Waals surface area (Å²) in [5.41, 5.74) is 5.98. The Labute approximate surface area is 131 Å². The number of benzene rings is 1. The maximum absolute atomic E-state index is 12.5. The van der Waals surface area contributed by atoms with Gasteiger partial charge in [0, 0.05) is 11.8 Å². The first kappa shape index (κ1) is 14.4. The van der Waals surface area contributed by atoms with Crippen LogP contribution in [0.1, 0.15) is 10.5 Å². The van der Waals surface area contributed by atoms with Gasteiger partial charge in [0.25, 0.3) is 5.91 Å². The summed E-state index contributed by atoms with van der Waals surface area (Å²) < 4.78 is 1.12. The van der Waals surface area contributed by atoms with Crippen molar-refractivity contribution in [2.75, 3.05) is 5.32 Å². The zero-order chi connectivity index (χ0) is 16.2. The van der Waals surface area contributed by atoms with Crippen LogP contribution in [0.25, 0.3) is 11.4 Å². The number of hydrogen-bond donors (Lipinski definition) is 2. The number of imidazole rings is 1. The highest BCUT2D eigenvalue weighted by molar-refractivity contribution is 6.01. The van der Waals surface area contributed by atoms with Crippen molar-refractivity contribution in [2.45, 2.75) is 0 Å². The summed E-state index contributed by atoms with van der Waals surface area (Å²) in [7, 11) is 0. The molecule has 0 aliphatic rings. The molecule has 8 nitrogen and oxygen atoms in total. The van der Waals surface area contributed by atoms with E-state index in [0.29, 0.717) is 11.4 Å². The molecular formula is C15H12N6O2. The van der Waals surface area contributed by atoms with Gasteiger partial charge in [0.05, 0.1) is 6.20 Å². The number of carbonyl (C=O) groups excluding carboxylic acids is 2. The fourth-order valence-corrected chi connectivity index (χ4v) is 2.06. The molecule has 0 spiro atoms. The number of rotatable bonds is 3. The molecule has 0 bridgehead atoms. The van der Waals surface area contributed by atoms with E-state index in [1.807, 2.05) is 6.07 Å². The summed E-state index contributed by atoms with van der Waals surface area (Å²) in [6.45, 7) is 0. The van der Waals surface area contributed by atoms with E-state index in [-0.39, 0.29) is 11.5 Å². The molecule has 0 aliphatic carbocycles. The van der Waals surface area contributed by atoms with Crippen LogP contribution in [-0.4, -0.2) is 31.7 Å². The highest BCUT2D eigenvalue weighted by atomic mass is 16.2. The van der Waals surface area contributed by atoms with Crippen LogP contribution in [0.5, 0.6) is 0 Å². The third kappa shape index (κ3) is 2.91. The van der Waals surface area contributed by atoms with Crippen molar-refractivity contribution in [3.63, 3.8) is 0 Å². The maximum Gasteiger partial charge on any atom is 0.333 e. The SMILES string of the molecule is NC(=O)c1cnc(-c2ccccc2)n1C(=O)Nc1cccnn1. The Hall–Kier alpha value is -3.55. The van der Waals surface area contributed by atoms with Gasteiger partial charge >= 0.3 is 6.03 Å². The second kappa shape index (κ2) is 6.06. The van der Waals surface area contributed by atoms with Gasteiger partial charge in [0.15, 0.2) is 5.82 Å². The summed E-state index contributed by atoms with van der Waals surface area (Å²) in [5, 5.41) is 10.0. The topological polar surface area (TPSA) is 116 Å². The minimum Gasteiger partial charge on any atom is -0.364 e. The zero-order valence-corrected chi connectivity index (χ0v) is 11.9. The van der Waals surface area contributed by atoms with Gasteiger partial charge in [-0.15, -0.1) is 5.10 Å². The van der Waals surface area contributed by atoms with E-state index in [1.54, 1.807) is 36.4 Å². The first-order valence-electron chi connectivity index (χ1n) is 6.69. The van der Waals surface area contributed by atoms with Gasteiger partial charge in [-0.3, -0.25) is 10.1 Å². The van der Waals surface area contributed by atoms with Crippen molar-refractivity contribution in [1.29, 1.82) is 0 Å². The Kier molecular flexibility index (Phi) is 3.79. The van der Waals surface area contributed by atoms with Crippen molar-refractivity contribution in [1.82, 2.24) is 19.7 Å². The van der Waals surface area contributed by atoms with Gasteiger partial charge in [-0.05, 0) is 12.1 Å². The maximum atomic E-state index is 12.5. The average molecular weight is 308 g/mol. The highest BCUT2D eigenvalue weighted by Gasteiger charge is 2.21. The summed E-state index contributed by atoms with van der Waals surface area (Å²) in [4.78, 5) is 28.2. The fraction of sp³-hybridized carbons (Fsp3) is 0. The van der Waals surface area contributed by atoms with E-state index in [0.717, 1.165) is 4.57 Å². The lowest BCUT2D eigenvalue weighted by atomic mass is 10.2. The van der Waals surface area contributed by atoms with Gasteiger partial charge in [-0.25, -0.2) is 14.3 Å². The quantitative estimate of drug-likeness (QED) is 0.761. The van der Waals surface area contributed by atoms with E-state index in [9.17, 15) is 9.59 Å². The summed E-state index contributed by atoms with van der Waals surface area (Å²) in [6.07, 6.45) is 2.75. The number of amides is 2. The van der Waals surface area contributed by atoms with Crippen LogP contribution in [0.15, 0.2) is 54.9 Å². The number of primary amides is 1. The number of nitrogens with one attached hydrogen (secondary N) is 1. The zero-order valence-electron chi connectivity index (χ0n) is 11.9.